The van der Waals surface area contributed by atoms with E-state index in [1.54, 1.807) is 11.8 Å². The quantitative estimate of drug-likeness (QED) is 0.472. The van der Waals surface area contributed by atoms with Crippen LogP contribution in [0.1, 0.15) is 32.8 Å². The van der Waals surface area contributed by atoms with Crippen LogP contribution in [0.25, 0.3) is 0 Å². The molecule has 0 radical (unpaired) electrons. The Hall–Kier alpha value is -2.20. The second-order valence-corrected chi connectivity index (χ2v) is 8.45. The number of allylic oxidation sites excluding steroid dienone is 3. The van der Waals surface area contributed by atoms with Crippen LogP contribution in [0.2, 0.25) is 0 Å². The van der Waals surface area contributed by atoms with Gasteiger partial charge in [-0.15, -0.1) is 11.8 Å². The summed E-state index contributed by atoms with van der Waals surface area (Å²) in [7, 11) is 0. The van der Waals surface area contributed by atoms with Crippen LogP contribution in [0.15, 0.2) is 77.5 Å². The Morgan fingerprint density at radius 1 is 1.33 bits per heavy atom. The lowest BCUT2D eigenvalue weighted by atomic mass is 10.0. The van der Waals surface area contributed by atoms with Crippen LogP contribution in [-0.4, -0.2) is 23.8 Å². The van der Waals surface area contributed by atoms with Gasteiger partial charge in [0.15, 0.2) is 6.61 Å². The first kappa shape index (κ1) is 21.1. The zero-order valence-electron chi connectivity index (χ0n) is 16.5. The summed E-state index contributed by atoms with van der Waals surface area (Å²) in [6.45, 7) is 14.7. The first-order valence-corrected chi connectivity index (χ1v) is 10.0. The van der Waals surface area contributed by atoms with Crippen molar-refractivity contribution in [3.63, 3.8) is 0 Å². The molecule has 1 atom stereocenters. The monoisotopic (exact) mass is 383 g/mol. The summed E-state index contributed by atoms with van der Waals surface area (Å²) < 4.78 is 5.58. The van der Waals surface area contributed by atoms with Crippen molar-refractivity contribution in [2.24, 2.45) is 0 Å². The number of aryl methyl sites for hydroxylation is 1. The van der Waals surface area contributed by atoms with Crippen molar-refractivity contribution in [1.82, 2.24) is 5.32 Å². The molecule has 1 aromatic carbocycles. The number of rotatable bonds is 9. The van der Waals surface area contributed by atoms with E-state index in [1.807, 2.05) is 38.1 Å². The summed E-state index contributed by atoms with van der Waals surface area (Å²) in [5, 5.41) is 2.93. The smallest absolute Gasteiger partial charge is 0.257 e. The number of hydrogen-bond acceptors (Lipinski definition) is 3. The van der Waals surface area contributed by atoms with Gasteiger partial charge in [-0.2, -0.15) is 0 Å². The minimum absolute atomic E-state index is 0.0163. The minimum Gasteiger partial charge on any atom is -0.486 e. The molecule has 2 rings (SSSR count). The number of nitrogens with one attached hydrogen (secondary N) is 1. The molecule has 1 aliphatic rings. The second-order valence-electron chi connectivity index (χ2n) is 6.91. The van der Waals surface area contributed by atoms with Gasteiger partial charge in [0.1, 0.15) is 5.76 Å². The number of carbonyl (C=O) groups is 1. The Morgan fingerprint density at radius 3 is 2.70 bits per heavy atom. The van der Waals surface area contributed by atoms with E-state index in [0.717, 1.165) is 34.7 Å². The average molecular weight is 384 g/mol. The van der Waals surface area contributed by atoms with Crippen molar-refractivity contribution >= 4 is 17.7 Å². The molecule has 0 saturated carbocycles. The molecule has 1 unspecified atom stereocenters. The average Bonchev–Trinajstić information content (AvgIpc) is 2.86. The zero-order valence-corrected chi connectivity index (χ0v) is 17.3. The van der Waals surface area contributed by atoms with Crippen molar-refractivity contribution in [1.29, 1.82) is 0 Å². The first-order chi connectivity index (χ1) is 12.9. The van der Waals surface area contributed by atoms with E-state index in [4.69, 9.17) is 4.74 Å². The fourth-order valence-corrected chi connectivity index (χ4v) is 4.38. The fraction of sp³-hybridized carbons (Fsp3) is 0.348. The molecular formula is C23H29NO2S. The number of hydrogen-bond donors (Lipinski definition) is 1. The Morgan fingerprint density at radius 2 is 2.04 bits per heavy atom. The van der Waals surface area contributed by atoms with E-state index >= 15 is 0 Å². The van der Waals surface area contributed by atoms with Gasteiger partial charge < -0.3 is 10.1 Å². The Labute approximate surface area is 167 Å². The lowest BCUT2D eigenvalue weighted by molar-refractivity contribution is -0.124. The van der Waals surface area contributed by atoms with Gasteiger partial charge in [-0.05, 0) is 39.2 Å². The van der Waals surface area contributed by atoms with Gasteiger partial charge in [0.2, 0.25) is 0 Å². The minimum atomic E-state index is -0.354. The van der Waals surface area contributed by atoms with E-state index in [1.165, 1.54) is 5.56 Å². The molecule has 0 aromatic heterocycles. The standard InChI is InChI=1S/C23H29NO2S/c1-6-17(2)15-23(5)22(18(3)19(4)27-23)26-16-21(25)24-14-10-13-20-11-8-7-9-12-20/h6-9,11-12,15H,1,4,10,13-14,16H2,2-3,5H3,(H,24,25)/b17-15+. The van der Waals surface area contributed by atoms with Gasteiger partial charge in [-0.3, -0.25) is 4.79 Å². The molecule has 1 amide bonds. The topological polar surface area (TPSA) is 38.3 Å². The van der Waals surface area contributed by atoms with Crippen LogP contribution in [0, 0.1) is 0 Å². The van der Waals surface area contributed by atoms with E-state index in [-0.39, 0.29) is 17.3 Å². The molecule has 0 fully saturated rings. The lowest BCUT2D eigenvalue weighted by Crippen LogP contribution is -2.30. The maximum Gasteiger partial charge on any atom is 0.257 e. The molecule has 144 valence electrons. The van der Waals surface area contributed by atoms with Crippen LogP contribution >= 0.6 is 11.8 Å². The molecule has 0 saturated heterocycles. The van der Waals surface area contributed by atoms with Crippen LogP contribution in [0.3, 0.4) is 0 Å². The summed E-state index contributed by atoms with van der Waals surface area (Å²) in [5.74, 6) is 0.704. The van der Waals surface area contributed by atoms with Crippen molar-refractivity contribution in [2.45, 2.75) is 38.4 Å². The molecule has 0 spiro atoms. The number of ether oxygens (including phenoxy) is 1. The molecule has 3 nitrogen and oxygen atoms in total. The predicted molar refractivity (Wildman–Crippen MR) is 116 cm³/mol. The first-order valence-electron chi connectivity index (χ1n) is 9.20. The third kappa shape index (κ3) is 5.90. The van der Waals surface area contributed by atoms with Crippen LogP contribution in [0.4, 0.5) is 0 Å². The van der Waals surface area contributed by atoms with Crippen molar-refractivity contribution < 1.29 is 9.53 Å². The summed E-state index contributed by atoms with van der Waals surface area (Å²) in [5.41, 5.74) is 3.36. The molecule has 0 bridgehead atoms. The number of carbonyl (C=O) groups excluding carboxylic acids is 1. The van der Waals surface area contributed by atoms with Gasteiger partial charge in [0.05, 0.1) is 4.75 Å². The van der Waals surface area contributed by atoms with Crippen molar-refractivity contribution in [2.75, 3.05) is 13.2 Å². The van der Waals surface area contributed by atoms with Crippen LogP contribution in [-0.2, 0) is 16.0 Å². The molecular weight excluding hydrogens is 354 g/mol. The highest BCUT2D eigenvalue weighted by Gasteiger charge is 2.38. The second kappa shape index (κ2) is 9.65. The lowest BCUT2D eigenvalue weighted by Gasteiger charge is -2.24. The van der Waals surface area contributed by atoms with Crippen molar-refractivity contribution in [3.8, 4) is 0 Å². The van der Waals surface area contributed by atoms with E-state index < -0.39 is 0 Å². The Kier molecular flexibility index (Phi) is 7.55. The summed E-state index contributed by atoms with van der Waals surface area (Å²) in [6, 6.07) is 10.3. The summed E-state index contributed by atoms with van der Waals surface area (Å²) in [6.07, 6.45) is 5.79. The van der Waals surface area contributed by atoms with Gasteiger partial charge >= 0.3 is 0 Å². The molecule has 1 N–H and O–H groups in total. The molecule has 1 heterocycles. The van der Waals surface area contributed by atoms with Gasteiger partial charge in [-0.1, -0.05) is 61.2 Å². The van der Waals surface area contributed by atoms with Gasteiger partial charge in [0, 0.05) is 17.0 Å². The highest BCUT2D eigenvalue weighted by Crippen LogP contribution is 2.50. The maximum atomic E-state index is 12.2. The van der Waals surface area contributed by atoms with E-state index in [0.29, 0.717) is 6.54 Å². The van der Waals surface area contributed by atoms with E-state index in [9.17, 15) is 4.79 Å². The molecule has 1 aliphatic heterocycles. The van der Waals surface area contributed by atoms with E-state index in [2.05, 4.69) is 43.6 Å². The van der Waals surface area contributed by atoms with Crippen molar-refractivity contribution in [3.05, 3.63) is 83.0 Å². The molecule has 1 aromatic rings. The molecule has 4 heteroatoms. The summed E-state index contributed by atoms with van der Waals surface area (Å²) in [4.78, 5) is 13.1. The highest BCUT2D eigenvalue weighted by molar-refractivity contribution is 8.05. The molecule has 0 aliphatic carbocycles. The number of amides is 1. The Balaban J connectivity index is 1.85. The SMILES string of the molecule is C=C/C(C)=C/C1(C)SC(=C)C(C)=C1OCC(=O)NCCCc1ccccc1. The van der Waals surface area contributed by atoms with Crippen LogP contribution in [0.5, 0.6) is 0 Å². The summed E-state index contributed by atoms with van der Waals surface area (Å²) >= 11 is 1.65. The fourth-order valence-electron chi connectivity index (χ4n) is 3.07. The largest absolute Gasteiger partial charge is 0.486 e. The highest BCUT2D eigenvalue weighted by atomic mass is 32.2. The third-order valence-electron chi connectivity index (χ3n) is 4.52. The maximum absolute atomic E-state index is 12.2. The normalized spacial score (nSPS) is 20.0. The van der Waals surface area contributed by atoms with Gasteiger partial charge in [0.25, 0.3) is 5.91 Å². The predicted octanol–water partition coefficient (Wildman–Crippen LogP) is 5.18. The zero-order chi connectivity index (χ0) is 19.9. The van der Waals surface area contributed by atoms with Crippen LogP contribution < -0.4 is 5.32 Å². The Bertz CT molecular complexity index is 764. The number of benzene rings is 1. The number of thioether (sulfide) groups is 1. The third-order valence-corrected chi connectivity index (χ3v) is 5.80. The van der Waals surface area contributed by atoms with Gasteiger partial charge in [-0.25, -0.2) is 0 Å². The molecule has 27 heavy (non-hydrogen) atoms.